The van der Waals surface area contributed by atoms with Crippen LogP contribution in [0.3, 0.4) is 0 Å². The third-order valence-electron chi connectivity index (χ3n) is 6.43. The van der Waals surface area contributed by atoms with E-state index in [9.17, 15) is 15.0 Å². The van der Waals surface area contributed by atoms with Crippen molar-refractivity contribution in [1.82, 2.24) is 4.90 Å². The molecule has 2 aliphatic rings. The van der Waals surface area contributed by atoms with Gasteiger partial charge in [0.25, 0.3) is 0 Å². The minimum Gasteiger partial charge on any atom is -0.392 e. The topological polar surface area (TPSA) is 60.8 Å². The maximum atomic E-state index is 11.7. The van der Waals surface area contributed by atoms with Gasteiger partial charge >= 0.3 is 0 Å². The average Bonchev–Trinajstić information content (AvgIpc) is 3.19. The summed E-state index contributed by atoms with van der Waals surface area (Å²) in [5.74, 6) is 7.47. The number of hydrogen-bond acceptors (Lipinski definition) is 3. The Labute approximate surface area is 177 Å². The number of amides is 1. The average molecular weight is 402 g/mol. The Bertz CT molecular complexity index is 655. The lowest BCUT2D eigenvalue weighted by Gasteiger charge is -2.20. The van der Waals surface area contributed by atoms with E-state index < -0.39 is 6.10 Å². The molecule has 2 N–H and O–H groups in total. The molecular formula is C25H39NO3. The van der Waals surface area contributed by atoms with Crippen molar-refractivity contribution in [1.29, 1.82) is 0 Å². The molecule has 4 nitrogen and oxygen atoms in total. The van der Waals surface area contributed by atoms with Gasteiger partial charge in [0.15, 0.2) is 0 Å². The molecule has 162 valence electrons. The normalized spacial score (nSPS) is 27.9. The molecule has 2 rings (SSSR count). The molecule has 2 aliphatic carbocycles. The van der Waals surface area contributed by atoms with Crippen LogP contribution < -0.4 is 0 Å². The zero-order valence-corrected chi connectivity index (χ0v) is 18.6. The van der Waals surface area contributed by atoms with E-state index in [-0.39, 0.29) is 23.8 Å². The van der Waals surface area contributed by atoms with Gasteiger partial charge in [0, 0.05) is 39.3 Å². The van der Waals surface area contributed by atoms with Gasteiger partial charge in [-0.3, -0.25) is 4.79 Å². The highest BCUT2D eigenvalue weighted by Crippen LogP contribution is 2.48. The quantitative estimate of drug-likeness (QED) is 0.350. The molecule has 0 unspecified atom stereocenters. The lowest BCUT2D eigenvalue weighted by Crippen LogP contribution is -2.21. The summed E-state index contributed by atoms with van der Waals surface area (Å²) in [6.07, 6.45) is 12.5. The maximum absolute atomic E-state index is 11.7. The van der Waals surface area contributed by atoms with Crippen molar-refractivity contribution >= 4 is 5.91 Å². The first-order valence-electron chi connectivity index (χ1n) is 11.2. The lowest BCUT2D eigenvalue weighted by atomic mass is 9.88. The number of rotatable bonds is 9. The molecule has 0 aromatic rings. The molecule has 0 heterocycles. The Kier molecular flexibility index (Phi) is 9.46. The number of carbonyl (C=O) groups excluding carboxylic acids is 1. The first kappa shape index (κ1) is 23.7. The summed E-state index contributed by atoms with van der Waals surface area (Å²) in [4.78, 5) is 13.3. The van der Waals surface area contributed by atoms with Crippen LogP contribution in [0.2, 0.25) is 0 Å². The number of aliphatic hydroxyl groups excluding tert-OH is 2. The van der Waals surface area contributed by atoms with E-state index in [0.29, 0.717) is 24.7 Å². The predicted molar refractivity (Wildman–Crippen MR) is 118 cm³/mol. The third kappa shape index (κ3) is 7.01. The molecule has 0 spiro atoms. The standard InChI is InChI=1S/C25H39NO3/c1-5-6-7-10-18(2)23(27)14-13-21-22-16-19(15-20(22)17-24(21)28)11-8-9-12-25(29)26(3)4/h13-15,18,20-24,27-28H,5,8-12,16-17H2,1-4H3/b14-13+/t18-,20-,21+,22-,23-,24+/m0/s1. The zero-order valence-electron chi connectivity index (χ0n) is 18.6. The van der Waals surface area contributed by atoms with E-state index in [1.54, 1.807) is 19.0 Å². The van der Waals surface area contributed by atoms with Crippen molar-refractivity contribution < 1.29 is 15.0 Å². The number of carbonyl (C=O) groups is 1. The number of hydrogen-bond donors (Lipinski definition) is 2. The molecule has 4 heteroatoms. The van der Waals surface area contributed by atoms with Crippen LogP contribution in [0.1, 0.15) is 65.2 Å². The molecule has 1 fully saturated rings. The van der Waals surface area contributed by atoms with Gasteiger partial charge in [0.2, 0.25) is 5.91 Å². The van der Waals surface area contributed by atoms with Crippen LogP contribution >= 0.6 is 0 Å². The molecule has 1 saturated carbocycles. The maximum Gasteiger partial charge on any atom is 0.222 e. The summed E-state index contributed by atoms with van der Waals surface area (Å²) < 4.78 is 0. The third-order valence-corrected chi connectivity index (χ3v) is 6.43. The fraction of sp³-hybridized carbons (Fsp3) is 0.720. The lowest BCUT2D eigenvalue weighted by molar-refractivity contribution is -0.128. The van der Waals surface area contributed by atoms with Gasteiger partial charge in [-0.2, -0.15) is 0 Å². The summed E-state index contributed by atoms with van der Waals surface area (Å²) >= 11 is 0. The minimum absolute atomic E-state index is 0.0989. The summed E-state index contributed by atoms with van der Waals surface area (Å²) in [7, 11) is 3.61. The summed E-state index contributed by atoms with van der Waals surface area (Å²) in [6.45, 7) is 4.04. The molecule has 1 amide bonds. The number of allylic oxidation sites excluding steroid dienone is 2. The van der Waals surface area contributed by atoms with Crippen molar-refractivity contribution in [2.45, 2.75) is 77.4 Å². The number of unbranched alkanes of at least 4 members (excludes halogenated alkanes) is 1. The van der Waals surface area contributed by atoms with Gasteiger partial charge in [-0.15, -0.1) is 11.8 Å². The largest absolute Gasteiger partial charge is 0.392 e. The zero-order chi connectivity index (χ0) is 21.4. The predicted octanol–water partition coefficient (Wildman–Crippen LogP) is 3.94. The summed E-state index contributed by atoms with van der Waals surface area (Å²) in [5.41, 5.74) is 1.48. The Morgan fingerprint density at radius 1 is 1.34 bits per heavy atom. The Morgan fingerprint density at radius 2 is 2.10 bits per heavy atom. The van der Waals surface area contributed by atoms with Gasteiger partial charge in [-0.25, -0.2) is 0 Å². The van der Waals surface area contributed by atoms with Gasteiger partial charge < -0.3 is 15.1 Å². The highest BCUT2D eigenvalue weighted by Gasteiger charge is 2.43. The van der Waals surface area contributed by atoms with E-state index in [2.05, 4.69) is 24.0 Å². The van der Waals surface area contributed by atoms with Crippen molar-refractivity contribution in [2.24, 2.45) is 23.7 Å². The molecule has 0 aliphatic heterocycles. The van der Waals surface area contributed by atoms with E-state index in [1.807, 2.05) is 19.9 Å². The Balaban J connectivity index is 1.81. The number of nitrogens with zero attached hydrogens (tertiary/aromatic N) is 1. The van der Waals surface area contributed by atoms with E-state index >= 15 is 0 Å². The molecule has 0 aromatic carbocycles. The van der Waals surface area contributed by atoms with Crippen molar-refractivity contribution in [2.75, 3.05) is 14.1 Å². The second-order valence-corrected chi connectivity index (χ2v) is 9.00. The van der Waals surface area contributed by atoms with Crippen LogP contribution in [0, 0.1) is 35.5 Å². The van der Waals surface area contributed by atoms with Gasteiger partial charge in [0.1, 0.15) is 0 Å². The molecule has 6 atom stereocenters. The monoisotopic (exact) mass is 401 g/mol. The first-order valence-corrected chi connectivity index (χ1v) is 11.2. The second kappa shape index (κ2) is 11.6. The minimum atomic E-state index is -0.518. The van der Waals surface area contributed by atoms with E-state index in [4.69, 9.17) is 0 Å². The van der Waals surface area contributed by atoms with Crippen molar-refractivity contribution in [3.8, 4) is 11.8 Å². The van der Waals surface area contributed by atoms with Gasteiger partial charge in [-0.05, 0) is 49.9 Å². The first-order chi connectivity index (χ1) is 13.8. The highest BCUT2D eigenvalue weighted by atomic mass is 16.3. The van der Waals surface area contributed by atoms with Crippen LogP contribution in [0.4, 0.5) is 0 Å². The Morgan fingerprint density at radius 3 is 2.79 bits per heavy atom. The van der Waals surface area contributed by atoms with Crippen molar-refractivity contribution in [3.63, 3.8) is 0 Å². The smallest absolute Gasteiger partial charge is 0.222 e. The van der Waals surface area contributed by atoms with E-state index in [0.717, 1.165) is 38.5 Å². The molecule has 0 radical (unpaired) electrons. The molecule has 0 bridgehead atoms. The molecule has 29 heavy (non-hydrogen) atoms. The van der Waals surface area contributed by atoms with Crippen LogP contribution in [0.15, 0.2) is 23.8 Å². The Hall–Kier alpha value is -1.57. The van der Waals surface area contributed by atoms with Gasteiger partial charge in [0.05, 0.1) is 12.2 Å². The fourth-order valence-corrected chi connectivity index (χ4v) is 4.55. The van der Waals surface area contributed by atoms with Crippen LogP contribution in [-0.4, -0.2) is 47.3 Å². The van der Waals surface area contributed by atoms with Gasteiger partial charge in [-0.1, -0.05) is 37.6 Å². The molecule has 0 aromatic heterocycles. The molecular weight excluding hydrogens is 362 g/mol. The summed E-state index contributed by atoms with van der Waals surface area (Å²) in [5, 5.41) is 20.9. The van der Waals surface area contributed by atoms with Crippen molar-refractivity contribution in [3.05, 3.63) is 23.8 Å². The summed E-state index contributed by atoms with van der Waals surface area (Å²) in [6, 6.07) is 0. The van der Waals surface area contributed by atoms with E-state index in [1.165, 1.54) is 5.57 Å². The number of fused-ring (bicyclic) bond motifs is 1. The highest BCUT2D eigenvalue weighted by molar-refractivity contribution is 5.75. The van der Waals surface area contributed by atoms with Crippen LogP contribution in [-0.2, 0) is 4.79 Å². The fourth-order valence-electron chi connectivity index (χ4n) is 4.55. The second-order valence-electron chi connectivity index (χ2n) is 9.00. The number of aliphatic hydroxyl groups is 2. The van der Waals surface area contributed by atoms with Crippen LogP contribution in [0.25, 0.3) is 0 Å². The van der Waals surface area contributed by atoms with Crippen LogP contribution in [0.5, 0.6) is 0 Å². The molecule has 0 saturated heterocycles. The SMILES string of the molecule is CCC#CC[C@H](C)[C@@H](O)/C=C/[C@@H]1[C@H]2CC(CCCCC(=O)N(C)C)=C[C@H]2C[C@H]1O.